The Kier molecular flexibility index (Phi) is 5.79. The van der Waals surface area contributed by atoms with Crippen molar-refractivity contribution in [1.82, 2.24) is 25.4 Å². The lowest BCUT2D eigenvalue weighted by Gasteiger charge is -2.06. The van der Waals surface area contributed by atoms with Crippen molar-refractivity contribution in [2.24, 2.45) is 16.6 Å². The van der Waals surface area contributed by atoms with Gasteiger partial charge in [0.2, 0.25) is 17.5 Å². The zero-order valence-corrected chi connectivity index (χ0v) is 17.4. The molecule has 4 N–H and O–H groups in total. The summed E-state index contributed by atoms with van der Waals surface area (Å²) in [5.74, 6) is -1.18. The van der Waals surface area contributed by atoms with Crippen molar-refractivity contribution in [3.63, 3.8) is 0 Å². The summed E-state index contributed by atoms with van der Waals surface area (Å²) in [7, 11) is 0. The molecule has 162 valence electrons. The molecule has 14 heteroatoms. The van der Waals surface area contributed by atoms with E-state index in [4.69, 9.17) is 14.9 Å². The van der Waals surface area contributed by atoms with Crippen molar-refractivity contribution in [1.29, 1.82) is 0 Å². The minimum Gasteiger partial charge on any atom is -0.370 e. The normalized spacial score (nSPS) is 13.9. The van der Waals surface area contributed by atoms with Gasteiger partial charge < -0.3 is 11.1 Å². The van der Waals surface area contributed by atoms with Gasteiger partial charge in [0.05, 0.1) is 16.7 Å². The smallest absolute Gasteiger partial charge is 0.370 e. The van der Waals surface area contributed by atoms with Crippen molar-refractivity contribution in [2.75, 3.05) is 18.4 Å². The summed E-state index contributed by atoms with van der Waals surface area (Å²) < 4.78 is 24.3. The molecule has 1 fully saturated rings. The Bertz CT molecular complexity index is 1200. The Hall–Kier alpha value is -3.55. The zero-order chi connectivity index (χ0) is 22.0. The average Bonchev–Trinajstić information content (AvgIpc) is 3.38. The van der Waals surface area contributed by atoms with E-state index in [1.165, 1.54) is 18.2 Å². The third kappa shape index (κ3) is 4.63. The SMILES string of the molecule is NC(=NCCNc1nonc1-c1noc(=O)n1-c1ccc(F)c(Br)c1)NC(=O)C1CC1. The van der Waals surface area contributed by atoms with E-state index in [0.717, 1.165) is 17.4 Å². The lowest BCUT2D eigenvalue weighted by atomic mass is 10.3. The summed E-state index contributed by atoms with van der Waals surface area (Å²) in [4.78, 5) is 27.9. The number of rotatable bonds is 7. The molecule has 1 aliphatic carbocycles. The molecule has 0 aliphatic heterocycles. The zero-order valence-electron chi connectivity index (χ0n) is 15.8. The van der Waals surface area contributed by atoms with Crippen LogP contribution in [-0.2, 0) is 4.79 Å². The number of nitrogens with zero attached hydrogens (tertiary/aromatic N) is 5. The quantitative estimate of drug-likeness (QED) is 0.246. The first kappa shape index (κ1) is 20.7. The van der Waals surface area contributed by atoms with Crippen LogP contribution in [0.1, 0.15) is 12.8 Å². The molecule has 4 rings (SSSR count). The van der Waals surface area contributed by atoms with Crippen LogP contribution in [0.15, 0.2) is 41.6 Å². The Morgan fingerprint density at radius 1 is 1.35 bits per heavy atom. The van der Waals surface area contributed by atoms with E-state index in [9.17, 15) is 14.0 Å². The maximum atomic E-state index is 13.6. The second kappa shape index (κ2) is 8.67. The molecule has 31 heavy (non-hydrogen) atoms. The summed E-state index contributed by atoms with van der Waals surface area (Å²) >= 11 is 3.07. The predicted octanol–water partition coefficient (Wildman–Crippen LogP) is 1.03. The van der Waals surface area contributed by atoms with Gasteiger partial charge in [0.1, 0.15) is 5.82 Å². The van der Waals surface area contributed by atoms with Crippen molar-refractivity contribution in [2.45, 2.75) is 12.8 Å². The molecule has 1 amide bonds. The second-order valence-corrected chi connectivity index (χ2v) is 7.48. The van der Waals surface area contributed by atoms with Gasteiger partial charge in [0.25, 0.3) is 0 Å². The number of hydrogen-bond donors (Lipinski definition) is 3. The first-order valence-electron chi connectivity index (χ1n) is 9.15. The minimum absolute atomic E-state index is 0.00645. The van der Waals surface area contributed by atoms with E-state index in [-0.39, 0.29) is 52.7 Å². The van der Waals surface area contributed by atoms with Crippen LogP contribution in [-0.4, -0.2) is 45.0 Å². The summed E-state index contributed by atoms with van der Waals surface area (Å²) in [6, 6.07) is 3.97. The van der Waals surface area contributed by atoms with Crippen molar-refractivity contribution in [3.05, 3.63) is 39.0 Å². The predicted molar refractivity (Wildman–Crippen MR) is 109 cm³/mol. The molecule has 0 unspecified atom stereocenters. The van der Waals surface area contributed by atoms with Crippen LogP contribution in [0.25, 0.3) is 17.2 Å². The first-order valence-corrected chi connectivity index (χ1v) is 9.95. The van der Waals surface area contributed by atoms with Gasteiger partial charge >= 0.3 is 5.76 Å². The Balaban J connectivity index is 1.47. The lowest BCUT2D eigenvalue weighted by molar-refractivity contribution is -0.120. The van der Waals surface area contributed by atoms with Gasteiger partial charge in [-0.3, -0.25) is 19.6 Å². The van der Waals surface area contributed by atoms with Crippen LogP contribution in [0.4, 0.5) is 10.2 Å². The minimum atomic E-state index is -0.800. The Morgan fingerprint density at radius 2 is 2.16 bits per heavy atom. The molecule has 0 bridgehead atoms. The fraction of sp³-hybridized carbons (Fsp3) is 0.294. The van der Waals surface area contributed by atoms with Crippen LogP contribution in [0, 0.1) is 11.7 Å². The number of halogens is 2. The van der Waals surface area contributed by atoms with Crippen molar-refractivity contribution < 1.29 is 18.3 Å². The summed E-state index contributed by atoms with van der Waals surface area (Å²) in [5, 5.41) is 16.7. The summed E-state index contributed by atoms with van der Waals surface area (Å²) in [6.45, 7) is 0.491. The summed E-state index contributed by atoms with van der Waals surface area (Å²) in [5.41, 5.74) is 6.08. The molecule has 0 radical (unpaired) electrons. The fourth-order valence-corrected chi connectivity index (χ4v) is 3.03. The molecule has 0 atom stereocenters. The highest BCUT2D eigenvalue weighted by Gasteiger charge is 2.29. The molecule has 2 aromatic heterocycles. The van der Waals surface area contributed by atoms with E-state index in [0.29, 0.717) is 5.69 Å². The van der Waals surface area contributed by atoms with Gasteiger partial charge in [-0.2, -0.15) is 0 Å². The molecular formula is C17H16BrFN8O4. The Labute approximate surface area is 181 Å². The molecule has 1 aliphatic rings. The van der Waals surface area contributed by atoms with E-state index in [1.807, 2.05) is 0 Å². The number of carbonyl (C=O) groups excluding carboxylic acids is 1. The first-order chi connectivity index (χ1) is 14.9. The van der Waals surface area contributed by atoms with Crippen LogP contribution < -0.4 is 22.1 Å². The maximum absolute atomic E-state index is 13.6. The monoisotopic (exact) mass is 494 g/mol. The van der Waals surface area contributed by atoms with Crippen LogP contribution >= 0.6 is 15.9 Å². The number of aromatic nitrogens is 4. The molecule has 1 aromatic carbocycles. The number of aliphatic imine (C=N–C) groups is 1. The molecule has 0 spiro atoms. The summed E-state index contributed by atoms with van der Waals surface area (Å²) in [6.07, 6.45) is 1.73. The van der Waals surface area contributed by atoms with Crippen LogP contribution in [0.2, 0.25) is 0 Å². The molecular weight excluding hydrogens is 479 g/mol. The van der Waals surface area contributed by atoms with Gasteiger partial charge in [-0.05, 0) is 57.3 Å². The van der Waals surface area contributed by atoms with Gasteiger partial charge in [0, 0.05) is 12.5 Å². The number of nitrogens with two attached hydrogens (primary N) is 1. The standard InChI is InChI=1S/C17H16BrFN8O4/c18-10-7-9(3-4-11(10)19)27-14(26-30-17(27)29)12-13(25-31-24-12)21-5-6-22-16(20)23-15(28)8-1-2-8/h3-4,7-8H,1-2,5-6H2,(H,21,25)(H3,20,22,23,28). The topological polar surface area (TPSA) is 166 Å². The number of guanidine groups is 1. The third-order valence-corrected chi connectivity index (χ3v) is 4.96. The van der Waals surface area contributed by atoms with Crippen LogP contribution in [0.5, 0.6) is 0 Å². The van der Waals surface area contributed by atoms with Crippen molar-refractivity contribution >= 4 is 33.6 Å². The van der Waals surface area contributed by atoms with Crippen molar-refractivity contribution in [3.8, 4) is 17.2 Å². The highest BCUT2D eigenvalue weighted by Crippen LogP contribution is 2.28. The highest BCUT2D eigenvalue weighted by atomic mass is 79.9. The third-order valence-electron chi connectivity index (χ3n) is 4.35. The fourth-order valence-electron chi connectivity index (χ4n) is 2.67. The molecule has 0 saturated heterocycles. The number of amides is 1. The van der Waals surface area contributed by atoms with E-state index < -0.39 is 11.6 Å². The number of anilines is 1. The second-order valence-electron chi connectivity index (χ2n) is 6.62. The largest absolute Gasteiger partial charge is 0.446 e. The number of nitrogens with one attached hydrogen (secondary N) is 2. The average molecular weight is 495 g/mol. The van der Waals surface area contributed by atoms with Gasteiger partial charge in [0.15, 0.2) is 11.7 Å². The molecule has 12 nitrogen and oxygen atoms in total. The highest BCUT2D eigenvalue weighted by molar-refractivity contribution is 9.10. The lowest BCUT2D eigenvalue weighted by Crippen LogP contribution is -2.38. The maximum Gasteiger partial charge on any atom is 0.446 e. The number of carbonyl (C=O) groups is 1. The molecule has 2 heterocycles. The Morgan fingerprint density at radius 3 is 2.90 bits per heavy atom. The number of benzene rings is 1. The van der Waals surface area contributed by atoms with E-state index in [1.54, 1.807) is 0 Å². The van der Waals surface area contributed by atoms with E-state index in [2.05, 4.69) is 47.0 Å². The van der Waals surface area contributed by atoms with E-state index >= 15 is 0 Å². The molecule has 3 aromatic rings. The van der Waals surface area contributed by atoms with Gasteiger partial charge in [-0.25, -0.2) is 18.4 Å². The van der Waals surface area contributed by atoms with Gasteiger partial charge in [-0.1, -0.05) is 5.16 Å². The van der Waals surface area contributed by atoms with Crippen LogP contribution in [0.3, 0.4) is 0 Å². The number of hydrogen-bond acceptors (Lipinski definition) is 9. The molecule has 1 saturated carbocycles. The van der Waals surface area contributed by atoms with Gasteiger partial charge in [-0.15, -0.1) is 0 Å².